The van der Waals surface area contributed by atoms with Crippen molar-refractivity contribution < 1.29 is 177 Å². The predicted octanol–water partition coefficient (Wildman–Crippen LogP) is -3.11. The lowest BCUT2D eigenvalue weighted by molar-refractivity contribution is -0.388. The Morgan fingerprint density at radius 2 is 1.15 bits per heavy atom. The van der Waals surface area contributed by atoms with Crippen LogP contribution in [0.1, 0.15) is 112 Å². The second kappa shape index (κ2) is 32.7. The molecule has 11 aliphatic rings. The number of carboxylic acids is 1. The van der Waals surface area contributed by atoms with Crippen molar-refractivity contribution >= 4 is 24.0 Å². The summed E-state index contributed by atoms with van der Waals surface area (Å²) < 4.78 is 95.6. The molecule has 0 unspecified atom stereocenters. The third-order valence-electron chi connectivity index (χ3n) is 26.9. The SMILES string of the molecule is COc1cc(/C=C/C(=O)O[C@@H]2[C@H](O)[C@@H](O[C@@H]3O[C@@H](C)[C@H](O[C@H]4OC[C@@H](O)[C@H](O[C@@H]5OC[C@H](O)[C@H](O)[C@H]5O)[C@H]4O)[C@@H](O[C@@H]4OC[C@](O)(CO)[C@H]4O)[C@H]3O)[C@H](OC(=O)[C@]34CCC(C)(C)C[C@H]3C3=CC[C@@H]5[C@@]6(C)C[C@H](O)[C@H](O[C@@H]7O[C@H](CO)[C@@H](O)[C@H](O)[C@H]7O)[C@@](C)(C(=O)O)[C@@H]6CC[C@@]5(C)[C@]3(CO)CC4)O[C@@H]2C)cc(OC)c1OC. The van der Waals surface area contributed by atoms with Crippen LogP contribution in [0.4, 0.5) is 0 Å². The zero-order chi connectivity index (χ0) is 80.9. The maximum absolute atomic E-state index is 16.2. The number of rotatable bonds is 22. The van der Waals surface area contributed by atoms with Crippen molar-refractivity contribution in [3.63, 3.8) is 0 Å². The molecule has 5 aliphatic carbocycles. The lowest BCUT2D eigenvalue weighted by Crippen LogP contribution is -2.71. The first-order chi connectivity index (χ1) is 52.3. The van der Waals surface area contributed by atoms with Gasteiger partial charge < -0.3 is 163 Å². The minimum Gasteiger partial charge on any atom is -0.493 e. The van der Waals surface area contributed by atoms with Gasteiger partial charge >= 0.3 is 17.9 Å². The number of carboxylic acid groups (broad SMARTS) is 1. The number of aliphatic hydroxyl groups is 16. The van der Waals surface area contributed by atoms with E-state index in [0.29, 0.717) is 31.2 Å². The number of methoxy groups -OCH3 is 3. The summed E-state index contributed by atoms with van der Waals surface area (Å²) in [6.45, 7) is 8.42. The van der Waals surface area contributed by atoms with Crippen molar-refractivity contribution in [3.8, 4) is 17.2 Å². The fraction of sp³-hybridized carbons (Fsp3) is 0.827. The number of aliphatic carboxylic acids is 1. The summed E-state index contributed by atoms with van der Waals surface area (Å²) in [5, 5.41) is 191. The summed E-state index contributed by atoms with van der Waals surface area (Å²) >= 11 is 0. The molecule has 111 heavy (non-hydrogen) atoms. The van der Waals surface area contributed by atoms with E-state index in [1.54, 1.807) is 12.1 Å². The Kier molecular flexibility index (Phi) is 25.3. The highest BCUT2D eigenvalue weighted by Crippen LogP contribution is 2.76. The van der Waals surface area contributed by atoms with Crippen LogP contribution in [0.15, 0.2) is 29.9 Å². The van der Waals surface area contributed by atoms with Crippen molar-refractivity contribution in [3.05, 3.63) is 35.4 Å². The molecule has 6 saturated heterocycles. The van der Waals surface area contributed by atoms with Gasteiger partial charge in [-0.25, -0.2) is 4.79 Å². The molecule has 0 radical (unpaired) electrons. The van der Waals surface area contributed by atoms with E-state index in [9.17, 15) is 96.4 Å². The van der Waals surface area contributed by atoms with Crippen molar-refractivity contribution in [2.75, 3.05) is 61.0 Å². The van der Waals surface area contributed by atoms with Gasteiger partial charge in [-0.3, -0.25) is 9.59 Å². The molecule has 36 nitrogen and oxygen atoms in total. The molecular weight excluding hydrogens is 1480 g/mol. The first-order valence-electron chi connectivity index (χ1n) is 38.0. The quantitative estimate of drug-likeness (QED) is 0.0236. The van der Waals surface area contributed by atoms with Gasteiger partial charge in [-0.1, -0.05) is 39.3 Å². The van der Waals surface area contributed by atoms with E-state index in [2.05, 4.69) is 20.8 Å². The van der Waals surface area contributed by atoms with Gasteiger partial charge in [-0.2, -0.15) is 0 Å². The average molecular weight is 1590 g/mol. The van der Waals surface area contributed by atoms with Crippen molar-refractivity contribution in [1.82, 2.24) is 0 Å². The number of carbonyl (C=O) groups excluding carboxylic acids is 2. The minimum absolute atomic E-state index is 0.0230. The highest BCUT2D eigenvalue weighted by atomic mass is 16.8. The van der Waals surface area contributed by atoms with Crippen LogP contribution in [-0.2, 0) is 76.0 Å². The second-order valence-corrected chi connectivity index (χ2v) is 33.7. The average Bonchev–Trinajstić information content (AvgIpc) is 1.10. The largest absolute Gasteiger partial charge is 0.493 e. The molecule has 10 fully saturated rings. The van der Waals surface area contributed by atoms with Crippen LogP contribution >= 0.6 is 0 Å². The summed E-state index contributed by atoms with van der Waals surface area (Å²) in [5.74, 6) is -4.19. The maximum Gasteiger partial charge on any atom is 0.331 e. The van der Waals surface area contributed by atoms with E-state index < -0.39 is 279 Å². The zero-order valence-electron chi connectivity index (χ0n) is 63.7. The van der Waals surface area contributed by atoms with Crippen LogP contribution in [0.25, 0.3) is 6.08 Å². The molecule has 0 amide bonds. The number of fused-ring (bicyclic) bond motifs is 7. The topological polar surface area (TPSA) is 543 Å². The summed E-state index contributed by atoms with van der Waals surface area (Å²) in [4.78, 5) is 44.3. The van der Waals surface area contributed by atoms with E-state index in [1.165, 1.54) is 48.2 Å². The molecule has 6 aliphatic heterocycles. The normalized spacial score (nSPS) is 48.4. The van der Waals surface area contributed by atoms with Gasteiger partial charge in [0.25, 0.3) is 0 Å². The zero-order valence-corrected chi connectivity index (χ0v) is 63.7. The second-order valence-electron chi connectivity index (χ2n) is 33.7. The van der Waals surface area contributed by atoms with E-state index in [0.717, 1.165) is 11.6 Å². The summed E-state index contributed by atoms with van der Waals surface area (Å²) in [5.41, 5.74) is -7.77. The van der Waals surface area contributed by atoms with Crippen LogP contribution < -0.4 is 14.2 Å². The number of aliphatic hydroxyl groups excluding tert-OH is 15. The first-order valence-corrected chi connectivity index (χ1v) is 38.0. The Labute approximate surface area is 640 Å². The lowest BCUT2D eigenvalue weighted by atomic mass is 9.33. The van der Waals surface area contributed by atoms with Gasteiger partial charge in [-0.15, -0.1) is 0 Å². The van der Waals surface area contributed by atoms with Gasteiger partial charge in [0.1, 0.15) is 103 Å². The van der Waals surface area contributed by atoms with Crippen molar-refractivity contribution in [1.29, 1.82) is 0 Å². The van der Waals surface area contributed by atoms with Crippen LogP contribution in [-0.4, -0.2) is 337 Å². The van der Waals surface area contributed by atoms with E-state index in [-0.39, 0.29) is 49.4 Å². The fourth-order valence-corrected chi connectivity index (χ4v) is 20.5. The molecule has 0 spiro atoms. The van der Waals surface area contributed by atoms with Gasteiger partial charge in [0, 0.05) is 11.5 Å². The van der Waals surface area contributed by atoms with Gasteiger partial charge in [0.05, 0.1) is 90.1 Å². The van der Waals surface area contributed by atoms with Gasteiger partial charge in [-0.05, 0) is 136 Å². The first kappa shape index (κ1) is 85.8. The molecule has 6 heterocycles. The third kappa shape index (κ3) is 15.0. The molecule has 0 bridgehead atoms. The van der Waals surface area contributed by atoms with Gasteiger partial charge in [0.2, 0.25) is 12.0 Å². The molecule has 628 valence electrons. The highest BCUT2D eigenvalue weighted by Gasteiger charge is 2.74. The van der Waals surface area contributed by atoms with E-state index in [1.807, 2.05) is 13.0 Å². The molecule has 1 aromatic carbocycles. The van der Waals surface area contributed by atoms with E-state index in [4.69, 9.17) is 75.8 Å². The number of benzene rings is 1. The number of hydrogen-bond donors (Lipinski definition) is 17. The van der Waals surface area contributed by atoms with Crippen molar-refractivity contribution in [2.24, 2.45) is 50.2 Å². The standard InChI is InChI=1S/C75H112O36/c1-31-53(105-44(82)14-11-33-21-39(96-8)56(98-10)40(22-33)97-9)50(88)58(109-64-52(90)57(108-66-59(91)75(95,29-78)30-101-66)54(32(2)102-64)106-62-51(89)55(38(81)27-100-62)107-61-48(86)45(83)37(80)26-99-61)65(103-31)111-68(94)73-18-17-69(3,4)23-35(73)34-12-13-42-70(5)24-36(79)60(110-63-49(87)47(85)46(84)41(25-76)104-63)72(7,67(92)93)43(70)15-16-71(42,6)74(34,28-77)20-19-73/h11-12,14,21-22,31-32,35-38,41-43,45-55,57-66,76-81,83-91,95H,13,15-20,23-30H2,1-10H3,(H,92,93)/b14-11+/t31-,32+,35+,36+,37+,38-,41-,42-,43-,45+,46-,47+,48-,49-,50+,51-,52-,53+,54+,55+,57+,58-,59+,60+,61+,62-,63+,64+,65+,66+,70-,71-,72+,73+,74+,75-/m1/s1. The number of ether oxygens (including phenoxy) is 16. The Morgan fingerprint density at radius 3 is 1.78 bits per heavy atom. The summed E-state index contributed by atoms with van der Waals surface area (Å²) in [6.07, 6.45) is -41.1. The Morgan fingerprint density at radius 1 is 0.559 bits per heavy atom. The Balaban J connectivity index is 0.857. The molecule has 36 atom stereocenters. The Bertz CT molecular complexity index is 3480. The van der Waals surface area contributed by atoms with Gasteiger partial charge in [0.15, 0.2) is 55.2 Å². The lowest BCUT2D eigenvalue weighted by Gasteiger charge is -2.71. The molecule has 0 aromatic heterocycles. The minimum atomic E-state index is -2.31. The fourth-order valence-electron chi connectivity index (χ4n) is 20.5. The monoisotopic (exact) mass is 1590 g/mol. The number of carbonyl (C=O) groups is 3. The highest BCUT2D eigenvalue weighted by molar-refractivity contribution is 5.87. The summed E-state index contributed by atoms with van der Waals surface area (Å²) in [6, 6.07) is 3.11. The van der Waals surface area contributed by atoms with Crippen LogP contribution in [0, 0.1) is 50.2 Å². The number of hydrogen-bond acceptors (Lipinski definition) is 35. The molecule has 36 heteroatoms. The molecule has 4 saturated carbocycles. The van der Waals surface area contributed by atoms with Crippen molar-refractivity contribution in [2.45, 2.75) is 278 Å². The van der Waals surface area contributed by atoms with Crippen LogP contribution in [0.5, 0.6) is 17.2 Å². The maximum atomic E-state index is 16.2. The summed E-state index contributed by atoms with van der Waals surface area (Å²) in [7, 11) is 4.22. The number of allylic oxidation sites excluding steroid dienone is 1. The Hall–Kier alpha value is -4.57. The third-order valence-corrected chi connectivity index (χ3v) is 26.9. The molecular formula is C75H112O36. The van der Waals surface area contributed by atoms with Crippen LogP contribution in [0.2, 0.25) is 0 Å². The predicted molar refractivity (Wildman–Crippen MR) is 371 cm³/mol. The van der Waals surface area contributed by atoms with Crippen LogP contribution in [0.3, 0.4) is 0 Å². The molecule has 17 N–H and O–H groups in total. The number of esters is 2. The van der Waals surface area contributed by atoms with E-state index >= 15 is 4.79 Å². The molecule has 1 aromatic rings. The molecule has 12 rings (SSSR count). The smallest absolute Gasteiger partial charge is 0.331 e.